The minimum absolute atomic E-state index is 0.226. The van der Waals surface area contributed by atoms with Crippen LogP contribution in [0.3, 0.4) is 0 Å². The standard InChI is InChI=1S/C29H35FN4O/c1-3-4-16-32-18-15-29(21-22(32)2)27(31-28(35)34(29)26-13-8-12-24(30)20-26)33-17-9-14-25(33)19-23-10-6-5-7-11-23/h5-8,10,12-13,20,22-23,25H,9,11,14-19,21H2,1-2H3/t22-,23?,25?,29+/m0/s1. The number of anilines is 1. The van der Waals surface area contributed by atoms with E-state index in [-0.39, 0.29) is 17.9 Å². The molecule has 35 heavy (non-hydrogen) atoms. The molecule has 2 fully saturated rings. The number of hydrogen-bond donors (Lipinski definition) is 0. The Morgan fingerprint density at radius 1 is 1.26 bits per heavy atom. The molecule has 1 spiro atoms. The van der Waals surface area contributed by atoms with Gasteiger partial charge < -0.3 is 4.90 Å². The number of halogens is 1. The lowest BCUT2D eigenvalue weighted by molar-refractivity contribution is 0.140. The molecular weight excluding hydrogens is 439 g/mol. The van der Waals surface area contributed by atoms with Crippen molar-refractivity contribution in [3.63, 3.8) is 0 Å². The first kappa shape index (κ1) is 23.8. The molecular formula is C29H35FN4O. The van der Waals surface area contributed by atoms with E-state index < -0.39 is 5.54 Å². The van der Waals surface area contributed by atoms with E-state index >= 15 is 0 Å². The summed E-state index contributed by atoms with van der Waals surface area (Å²) in [4.78, 5) is 24.8. The van der Waals surface area contributed by atoms with E-state index in [2.05, 4.69) is 52.9 Å². The summed E-state index contributed by atoms with van der Waals surface area (Å²) in [6, 6.07) is 6.73. The van der Waals surface area contributed by atoms with Crippen LogP contribution in [0.15, 0.2) is 53.6 Å². The van der Waals surface area contributed by atoms with Gasteiger partial charge in [-0.3, -0.25) is 9.80 Å². The summed E-state index contributed by atoms with van der Waals surface area (Å²) in [5, 5.41) is 0. The number of aliphatic imine (C=N–C) groups is 1. The lowest BCUT2D eigenvalue weighted by Gasteiger charge is -2.49. The van der Waals surface area contributed by atoms with Crippen molar-refractivity contribution in [3.8, 4) is 11.8 Å². The Bertz CT molecular complexity index is 1120. The van der Waals surface area contributed by atoms with Crippen LogP contribution in [0.25, 0.3) is 0 Å². The van der Waals surface area contributed by atoms with Crippen LogP contribution in [0.5, 0.6) is 0 Å². The van der Waals surface area contributed by atoms with Crippen molar-refractivity contribution in [2.45, 2.75) is 70.0 Å². The van der Waals surface area contributed by atoms with Crippen molar-refractivity contribution in [2.24, 2.45) is 10.9 Å². The second-order valence-electron chi connectivity index (χ2n) is 10.3. The zero-order valence-corrected chi connectivity index (χ0v) is 20.8. The van der Waals surface area contributed by atoms with E-state index in [1.807, 2.05) is 13.0 Å². The first-order valence-electron chi connectivity index (χ1n) is 12.9. The Balaban J connectivity index is 1.49. The molecule has 5 nitrogen and oxygen atoms in total. The first-order valence-corrected chi connectivity index (χ1v) is 12.9. The van der Waals surface area contributed by atoms with Crippen molar-refractivity contribution >= 4 is 17.6 Å². The van der Waals surface area contributed by atoms with Gasteiger partial charge >= 0.3 is 6.03 Å². The number of piperidine rings is 1. The molecule has 2 amide bonds. The van der Waals surface area contributed by atoms with Gasteiger partial charge in [-0.15, -0.1) is 5.92 Å². The van der Waals surface area contributed by atoms with E-state index in [0.717, 1.165) is 64.0 Å². The highest BCUT2D eigenvalue weighted by atomic mass is 19.1. The summed E-state index contributed by atoms with van der Waals surface area (Å²) < 4.78 is 14.3. The Morgan fingerprint density at radius 3 is 2.89 bits per heavy atom. The monoisotopic (exact) mass is 474 g/mol. The van der Waals surface area contributed by atoms with Crippen LogP contribution < -0.4 is 4.90 Å². The smallest absolute Gasteiger partial charge is 0.350 e. The Morgan fingerprint density at radius 2 is 2.14 bits per heavy atom. The number of amides is 2. The third-order valence-electron chi connectivity index (χ3n) is 8.12. The highest BCUT2D eigenvalue weighted by Crippen LogP contribution is 2.44. The van der Waals surface area contributed by atoms with Crippen molar-refractivity contribution < 1.29 is 9.18 Å². The minimum Gasteiger partial charge on any atom is -0.355 e. The number of hydrogen-bond acceptors (Lipinski definition) is 3. The van der Waals surface area contributed by atoms with Crippen molar-refractivity contribution in [2.75, 3.05) is 24.5 Å². The second-order valence-corrected chi connectivity index (χ2v) is 10.3. The van der Waals surface area contributed by atoms with Crippen LogP contribution in [-0.4, -0.2) is 58.9 Å². The normalized spacial score (nSPS) is 30.7. The van der Waals surface area contributed by atoms with Gasteiger partial charge in [0.2, 0.25) is 0 Å². The molecule has 3 aliphatic heterocycles. The number of allylic oxidation sites excluding steroid dienone is 4. The molecule has 4 aliphatic rings. The van der Waals surface area contributed by atoms with Crippen molar-refractivity contribution in [1.82, 2.24) is 9.80 Å². The highest BCUT2D eigenvalue weighted by molar-refractivity contribution is 6.16. The van der Waals surface area contributed by atoms with Gasteiger partial charge in [-0.2, -0.15) is 4.99 Å². The van der Waals surface area contributed by atoms with Crippen molar-refractivity contribution in [1.29, 1.82) is 0 Å². The Hall–Kier alpha value is -2.91. The van der Waals surface area contributed by atoms with Crippen LogP contribution >= 0.6 is 0 Å². The number of carbonyl (C=O) groups is 1. The fourth-order valence-corrected chi connectivity index (χ4v) is 6.44. The summed E-state index contributed by atoms with van der Waals surface area (Å²) in [5.41, 5.74) is 0.0320. The maximum absolute atomic E-state index is 14.3. The van der Waals surface area contributed by atoms with Crippen LogP contribution in [0.1, 0.15) is 52.4 Å². The van der Waals surface area contributed by atoms with Gasteiger partial charge in [0.1, 0.15) is 17.2 Å². The number of benzene rings is 1. The summed E-state index contributed by atoms with van der Waals surface area (Å²) in [7, 11) is 0. The van der Waals surface area contributed by atoms with Gasteiger partial charge in [0.15, 0.2) is 0 Å². The lowest BCUT2D eigenvalue weighted by atomic mass is 9.80. The number of urea groups is 1. The molecule has 1 aromatic carbocycles. The predicted molar refractivity (Wildman–Crippen MR) is 139 cm³/mol. The quantitative estimate of drug-likeness (QED) is 0.549. The lowest BCUT2D eigenvalue weighted by Crippen LogP contribution is -2.64. The molecule has 6 heteroatoms. The fraction of sp³-hybridized carbons (Fsp3) is 0.517. The van der Waals surface area contributed by atoms with Gasteiger partial charge in [0.25, 0.3) is 0 Å². The molecule has 0 saturated carbocycles. The molecule has 5 rings (SSSR count). The summed E-state index contributed by atoms with van der Waals surface area (Å²) >= 11 is 0. The maximum atomic E-state index is 14.3. The van der Waals surface area contributed by atoms with Gasteiger partial charge in [-0.05, 0) is 76.5 Å². The molecule has 0 bridgehead atoms. The van der Waals surface area contributed by atoms with Gasteiger partial charge in [0, 0.05) is 30.9 Å². The number of amidine groups is 1. The Labute approximate surface area is 208 Å². The molecule has 1 aromatic rings. The number of carbonyl (C=O) groups excluding carboxylic acids is 1. The third-order valence-corrected chi connectivity index (χ3v) is 8.12. The molecule has 2 unspecified atom stereocenters. The maximum Gasteiger partial charge on any atom is 0.350 e. The third kappa shape index (κ3) is 4.54. The SMILES string of the molecule is CC#CCN1CC[C@@]2(C[C@@H]1C)C(N1CCCC1CC1C=CC=CC1)=NC(=O)N2c1cccc(F)c1. The van der Waals surface area contributed by atoms with E-state index in [1.165, 1.54) is 12.1 Å². The van der Waals surface area contributed by atoms with Crippen molar-refractivity contribution in [3.05, 3.63) is 54.4 Å². The average Bonchev–Trinajstić information content (AvgIpc) is 3.40. The molecule has 0 radical (unpaired) electrons. The summed E-state index contributed by atoms with van der Waals surface area (Å²) in [6.45, 7) is 6.54. The van der Waals surface area contributed by atoms with Gasteiger partial charge in [-0.1, -0.05) is 36.3 Å². The number of likely N-dealkylation sites (tertiary alicyclic amines) is 2. The van der Waals surface area contributed by atoms with E-state index in [0.29, 0.717) is 17.6 Å². The average molecular weight is 475 g/mol. The zero-order valence-electron chi connectivity index (χ0n) is 20.8. The van der Waals surface area contributed by atoms with E-state index in [9.17, 15) is 9.18 Å². The zero-order chi connectivity index (χ0) is 24.4. The predicted octanol–water partition coefficient (Wildman–Crippen LogP) is 5.40. The molecule has 4 atom stereocenters. The van der Waals surface area contributed by atoms with Crippen LogP contribution in [0, 0.1) is 23.6 Å². The van der Waals surface area contributed by atoms with Crippen LogP contribution in [0.2, 0.25) is 0 Å². The molecule has 2 saturated heterocycles. The first-order chi connectivity index (χ1) is 17.0. The van der Waals surface area contributed by atoms with E-state index in [1.54, 1.807) is 11.0 Å². The minimum atomic E-state index is -0.564. The van der Waals surface area contributed by atoms with Crippen LogP contribution in [-0.2, 0) is 0 Å². The fourth-order valence-electron chi connectivity index (χ4n) is 6.44. The highest BCUT2D eigenvalue weighted by Gasteiger charge is 2.56. The number of nitrogens with zero attached hydrogens (tertiary/aromatic N) is 4. The molecule has 1 aliphatic carbocycles. The summed E-state index contributed by atoms with van der Waals surface area (Å²) in [6.07, 6.45) is 14.7. The van der Waals surface area contributed by atoms with Crippen LogP contribution in [0.4, 0.5) is 14.9 Å². The molecule has 0 N–H and O–H groups in total. The Kier molecular flexibility index (Phi) is 6.80. The molecule has 184 valence electrons. The van der Waals surface area contributed by atoms with Gasteiger partial charge in [0.05, 0.1) is 6.54 Å². The second kappa shape index (κ2) is 9.99. The van der Waals surface area contributed by atoms with Gasteiger partial charge in [-0.25, -0.2) is 9.18 Å². The molecule has 0 aromatic heterocycles. The molecule has 3 heterocycles. The summed E-state index contributed by atoms with van der Waals surface area (Å²) in [5.74, 6) is 7.29. The number of rotatable bonds is 4. The van der Waals surface area contributed by atoms with E-state index in [4.69, 9.17) is 4.99 Å². The largest absolute Gasteiger partial charge is 0.355 e. The topological polar surface area (TPSA) is 39.1 Å².